The Kier molecular flexibility index (Phi) is 10.9. The molecule has 2 amide bonds. The van der Waals surface area contributed by atoms with E-state index in [0.717, 1.165) is 63.0 Å². The van der Waals surface area contributed by atoms with Gasteiger partial charge in [0.15, 0.2) is 5.78 Å². The zero-order valence-corrected chi connectivity index (χ0v) is 33.4. The van der Waals surface area contributed by atoms with Gasteiger partial charge in [0.2, 0.25) is 0 Å². The molecule has 3 aliphatic rings. The quantitative estimate of drug-likeness (QED) is 0.176. The first-order valence-corrected chi connectivity index (χ1v) is 19.9. The molecule has 4 aromatic rings. The van der Waals surface area contributed by atoms with E-state index in [1.807, 2.05) is 69.3 Å². The topological polar surface area (TPSA) is 122 Å². The number of alkyl carbamates (subject to hydrolysis) is 1. The van der Waals surface area contributed by atoms with Gasteiger partial charge in [0, 0.05) is 55.8 Å². The zero-order valence-electron chi connectivity index (χ0n) is 32.6. The smallest absolute Gasteiger partial charge is 0.407 e. The summed E-state index contributed by atoms with van der Waals surface area (Å²) in [6, 6.07) is 19.5. The molecule has 290 valence electrons. The number of nitrogens with one attached hydrogen (secondary N) is 2. The van der Waals surface area contributed by atoms with Gasteiger partial charge < -0.3 is 34.6 Å². The summed E-state index contributed by atoms with van der Waals surface area (Å²) >= 11 is 1.60. The number of thiophene rings is 1. The third-order valence-electron chi connectivity index (χ3n) is 10.2. The van der Waals surface area contributed by atoms with Crippen molar-refractivity contribution in [3.8, 4) is 28.1 Å². The van der Waals surface area contributed by atoms with Crippen molar-refractivity contribution in [1.29, 1.82) is 0 Å². The summed E-state index contributed by atoms with van der Waals surface area (Å²) in [4.78, 5) is 50.0. The number of pyridine rings is 1. The van der Waals surface area contributed by atoms with E-state index in [-0.39, 0.29) is 23.1 Å². The lowest BCUT2D eigenvalue weighted by molar-refractivity contribution is 0.0502. The highest BCUT2D eigenvalue weighted by molar-refractivity contribution is 7.19. The Labute approximate surface area is 327 Å². The van der Waals surface area contributed by atoms with E-state index in [1.54, 1.807) is 23.3 Å². The Bertz CT molecular complexity index is 2060. The third kappa shape index (κ3) is 8.97. The number of aromatic nitrogens is 1. The minimum Gasteiger partial charge on any atom is -0.497 e. The molecule has 2 aromatic heterocycles. The minimum absolute atomic E-state index is 0.105. The number of carbonyl (C=O) groups is 3. The van der Waals surface area contributed by atoms with Crippen molar-refractivity contribution in [1.82, 2.24) is 15.2 Å². The molecular formula is C43H51N5O6S. The zero-order chi connectivity index (χ0) is 38.9. The summed E-state index contributed by atoms with van der Waals surface area (Å²) in [7, 11) is 1.65. The molecule has 55 heavy (non-hydrogen) atoms. The Morgan fingerprint density at radius 2 is 1.76 bits per heavy atom. The van der Waals surface area contributed by atoms with Crippen molar-refractivity contribution < 1.29 is 28.6 Å². The molecule has 7 rings (SSSR count). The van der Waals surface area contributed by atoms with Gasteiger partial charge in [0.25, 0.3) is 5.91 Å². The summed E-state index contributed by atoms with van der Waals surface area (Å²) in [5.41, 5.74) is 5.51. The SMILES string of the molecule is COc1ccc(CNc2cc(-c3c(N4CCOCC4)sc4c3CC(C)(C)CC4=O)cc(-c3cccc(C(=O)N4CC[C@H](NC(=O)OC(C)(C)C)C4)c3)n2)cc1. The number of ether oxygens (including phenoxy) is 3. The lowest BCUT2D eigenvalue weighted by Crippen LogP contribution is -2.41. The fourth-order valence-corrected chi connectivity index (χ4v) is 8.90. The number of benzene rings is 2. The van der Waals surface area contributed by atoms with Crippen LogP contribution in [0.1, 0.15) is 78.6 Å². The second-order valence-corrected chi connectivity index (χ2v) is 17.4. The van der Waals surface area contributed by atoms with Crippen LogP contribution in [0.3, 0.4) is 0 Å². The van der Waals surface area contributed by atoms with Crippen molar-refractivity contribution >= 4 is 39.9 Å². The average molecular weight is 766 g/mol. The second-order valence-electron chi connectivity index (χ2n) is 16.4. The number of hydrogen-bond acceptors (Lipinski definition) is 10. The van der Waals surface area contributed by atoms with Crippen LogP contribution in [0.15, 0.2) is 60.7 Å². The Balaban J connectivity index is 1.24. The lowest BCUT2D eigenvalue weighted by Gasteiger charge is -2.30. The Morgan fingerprint density at radius 3 is 2.49 bits per heavy atom. The molecule has 4 heterocycles. The predicted octanol–water partition coefficient (Wildman–Crippen LogP) is 7.83. The number of methoxy groups -OCH3 is 1. The summed E-state index contributed by atoms with van der Waals surface area (Å²) in [6.45, 7) is 14.0. The standard InChI is InChI=1S/C43H51N5O6S/c1-42(2,3)54-41(51)45-31-14-15-48(26-31)39(50)29-9-7-8-28(20-29)34-21-30(22-36(46-34)44-25-27-10-12-32(52-6)13-11-27)37-33-23-43(4,5)24-35(49)38(33)55-40(37)47-16-18-53-19-17-47/h7-13,20-22,31H,14-19,23-26H2,1-6H3,(H,44,46)(H,45,51)/t31-/m0/s1. The van der Waals surface area contributed by atoms with Crippen molar-refractivity contribution in [2.45, 2.75) is 72.1 Å². The molecule has 2 saturated heterocycles. The fraction of sp³-hybridized carbons (Fsp3) is 0.442. The van der Waals surface area contributed by atoms with Gasteiger partial charge in [-0.05, 0) is 92.1 Å². The number of ketones is 1. The molecule has 12 heteroatoms. The molecule has 0 spiro atoms. The van der Waals surface area contributed by atoms with Crippen LogP contribution in [0.5, 0.6) is 5.75 Å². The highest BCUT2D eigenvalue weighted by Gasteiger charge is 2.37. The third-order valence-corrected chi connectivity index (χ3v) is 11.5. The van der Waals surface area contributed by atoms with Gasteiger partial charge in [-0.15, -0.1) is 11.3 Å². The number of carbonyl (C=O) groups excluding carboxylic acids is 3. The number of amides is 2. The molecule has 2 aliphatic heterocycles. The number of Topliss-reactive ketones (excluding diaryl/α,β-unsaturated/α-hetero) is 1. The van der Waals surface area contributed by atoms with Gasteiger partial charge in [0.05, 0.1) is 41.9 Å². The number of nitrogens with zero attached hydrogens (tertiary/aromatic N) is 3. The van der Waals surface area contributed by atoms with Gasteiger partial charge in [-0.25, -0.2) is 9.78 Å². The molecule has 2 aromatic carbocycles. The second kappa shape index (κ2) is 15.7. The van der Waals surface area contributed by atoms with Crippen molar-refractivity contribution in [3.05, 3.63) is 82.2 Å². The fourth-order valence-electron chi connectivity index (χ4n) is 7.57. The number of likely N-dealkylation sites (tertiary alicyclic amines) is 1. The van der Waals surface area contributed by atoms with Crippen LogP contribution in [0.4, 0.5) is 15.6 Å². The molecular weight excluding hydrogens is 715 g/mol. The summed E-state index contributed by atoms with van der Waals surface area (Å²) in [5.74, 6) is 1.57. The number of morpholine rings is 1. The minimum atomic E-state index is -0.601. The van der Waals surface area contributed by atoms with E-state index in [1.165, 1.54) is 0 Å². The molecule has 0 bridgehead atoms. The maximum atomic E-state index is 13.9. The molecule has 2 N–H and O–H groups in total. The molecule has 1 atom stereocenters. The van der Waals surface area contributed by atoms with E-state index in [9.17, 15) is 14.4 Å². The van der Waals surface area contributed by atoms with Gasteiger partial charge in [-0.1, -0.05) is 38.1 Å². The van der Waals surface area contributed by atoms with Crippen molar-refractivity contribution in [2.75, 3.05) is 56.7 Å². The van der Waals surface area contributed by atoms with Crippen LogP contribution in [-0.2, 0) is 22.4 Å². The maximum Gasteiger partial charge on any atom is 0.407 e. The summed E-state index contributed by atoms with van der Waals surface area (Å²) in [6.07, 6.45) is 1.48. The van der Waals surface area contributed by atoms with Gasteiger partial charge in [-0.2, -0.15) is 0 Å². The largest absolute Gasteiger partial charge is 0.497 e. The predicted molar refractivity (Wildman–Crippen MR) is 216 cm³/mol. The summed E-state index contributed by atoms with van der Waals surface area (Å²) in [5, 5.41) is 7.56. The molecule has 0 unspecified atom stereocenters. The van der Waals surface area contributed by atoms with Gasteiger partial charge >= 0.3 is 6.09 Å². The van der Waals surface area contributed by atoms with E-state index in [4.69, 9.17) is 19.2 Å². The lowest BCUT2D eigenvalue weighted by atomic mass is 9.75. The van der Waals surface area contributed by atoms with Crippen LogP contribution < -0.4 is 20.3 Å². The number of hydrogen-bond donors (Lipinski definition) is 2. The van der Waals surface area contributed by atoms with Crippen LogP contribution in [0, 0.1) is 5.41 Å². The molecule has 0 saturated carbocycles. The Hall–Kier alpha value is -4.94. The van der Waals surface area contributed by atoms with Crippen LogP contribution in [0.25, 0.3) is 22.4 Å². The van der Waals surface area contributed by atoms with Crippen LogP contribution in [-0.4, -0.2) is 85.8 Å². The monoisotopic (exact) mass is 765 g/mol. The van der Waals surface area contributed by atoms with E-state index < -0.39 is 11.7 Å². The van der Waals surface area contributed by atoms with E-state index in [2.05, 4.69) is 41.5 Å². The van der Waals surface area contributed by atoms with Crippen LogP contribution >= 0.6 is 11.3 Å². The summed E-state index contributed by atoms with van der Waals surface area (Å²) < 4.78 is 16.5. The maximum absolute atomic E-state index is 13.9. The number of rotatable bonds is 9. The normalized spacial score (nSPS) is 18.1. The van der Waals surface area contributed by atoms with E-state index >= 15 is 0 Å². The van der Waals surface area contributed by atoms with Gasteiger partial charge in [0.1, 0.15) is 17.2 Å². The van der Waals surface area contributed by atoms with Gasteiger partial charge in [-0.3, -0.25) is 9.59 Å². The first kappa shape index (κ1) is 38.3. The molecule has 0 radical (unpaired) electrons. The average Bonchev–Trinajstić information content (AvgIpc) is 3.78. The highest BCUT2D eigenvalue weighted by atomic mass is 32.1. The van der Waals surface area contributed by atoms with Crippen molar-refractivity contribution in [2.24, 2.45) is 5.41 Å². The van der Waals surface area contributed by atoms with Crippen molar-refractivity contribution in [3.63, 3.8) is 0 Å². The highest BCUT2D eigenvalue weighted by Crippen LogP contribution is 2.50. The number of fused-ring (bicyclic) bond motifs is 1. The Morgan fingerprint density at radius 1 is 1.00 bits per heavy atom. The van der Waals surface area contributed by atoms with E-state index in [0.29, 0.717) is 62.8 Å². The molecule has 11 nitrogen and oxygen atoms in total. The van der Waals surface area contributed by atoms with Crippen LogP contribution in [0.2, 0.25) is 0 Å². The molecule has 1 aliphatic carbocycles. The first-order chi connectivity index (χ1) is 26.2. The number of anilines is 2. The first-order valence-electron chi connectivity index (χ1n) is 19.1. The molecule has 2 fully saturated rings.